The molecule has 0 aliphatic rings. The molecular weight excluding hydrogens is 367 g/mol. The minimum Gasteiger partial charge on any atom is -0.361 e. The van der Waals surface area contributed by atoms with Crippen LogP contribution in [0.1, 0.15) is 11.3 Å². The Morgan fingerprint density at radius 1 is 1.38 bits per heavy atom. The second kappa shape index (κ2) is 9.03. The number of fused-ring (bicyclic) bond motifs is 1. The van der Waals surface area contributed by atoms with Gasteiger partial charge in [-0.25, -0.2) is 4.98 Å². The molecule has 24 heavy (non-hydrogen) atoms. The Bertz CT molecular complexity index is 775. The van der Waals surface area contributed by atoms with Crippen LogP contribution in [0.2, 0.25) is 0 Å². The first-order valence-corrected chi connectivity index (χ1v) is 8.02. The molecule has 0 radical (unpaired) electrons. The van der Waals surface area contributed by atoms with Crippen LogP contribution in [0.25, 0.3) is 10.9 Å². The molecule has 2 aromatic heterocycles. The van der Waals surface area contributed by atoms with E-state index in [2.05, 4.69) is 9.97 Å². The van der Waals surface area contributed by atoms with Gasteiger partial charge in [0.15, 0.2) is 0 Å². The van der Waals surface area contributed by atoms with Crippen molar-refractivity contribution in [1.82, 2.24) is 14.9 Å². The zero-order valence-electron chi connectivity index (χ0n) is 13.1. The number of amides is 1. The maximum atomic E-state index is 12.4. The zero-order chi connectivity index (χ0) is 15.5. The number of para-hydroxylation sites is 1. The maximum Gasteiger partial charge on any atom is 0.239 e. The molecule has 1 aromatic carbocycles. The molecule has 3 aromatic rings. The summed E-state index contributed by atoms with van der Waals surface area (Å²) in [5, 5.41) is 3.06. The standard InChI is InChI=1S/C16H18N4OS.2ClH/c1-20(8-12-9-22-10-19-12)16(21)14(17)6-11-7-18-15-5-3-2-4-13(11)15;;/h2-5,7,9-10,14,18H,6,8,17H2,1H3;2*1H/t14-;;/m0../s1. The molecule has 5 nitrogen and oxygen atoms in total. The summed E-state index contributed by atoms with van der Waals surface area (Å²) < 4.78 is 0. The third-order valence-electron chi connectivity index (χ3n) is 3.69. The van der Waals surface area contributed by atoms with Gasteiger partial charge in [0, 0.05) is 29.5 Å². The summed E-state index contributed by atoms with van der Waals surface area (Å²) in [5.41, 5.74) is 10.9. The number of nitrogens with two attached hydrogens (primary N) is 1. The summed E-state index contributed by atoms with van der Waals surface area (Å²) in [6.07, 6.45) is 2.45. The molecule has 1 amide bonds. The number of carbonyl (C=O) groups is 1. The third kappa shape index (κ3) is 4.48. The minimum absolute atomic E-state index is 0. The smallest absolute Gasteiger partial charge is 0.239 e. The van der Waals surface area contributed by atoms with Crippen molar-refractivity contribution in [3.63, 3.8) is 0 Å². The van der Waals surface area contributed by atoms with E-state index in [0.29, 0.717) is 13.0 Å². The van der Waals surface area contributed by atoms with Crippen LogP contribution in [0.3, 0.4) is 0 Å². The van der Waals surface area contributed by atoms with Crippen LogP contribution in [0.15, 0.2) is 41.4 Å². The average Bonchev–Trinajstić information content (AvgIpc) is 3.17. The number of nitrogens with zero attached hydrogens (tertiary/aromatic N) is 2. The Hall–Kier alpha value is -1.60. The topological polar surface area (TPSA) is 75.0 Å². The van der Waals surface area contributed by atoms with Gasteiger partial charge in [-0.3, -0.25) is 4.79 Å². The highest BCUT2D eigenvalue weighted by molar-refractivity contribution is 7.07. The molecule has 3 rings (SSSR count). The van der Waals surface area contributed by atoms with Crippen LogP contribution >= 0.6 is 36.2 Å². The van der Waals surface area contributed by atoms with Crippen molar-refractivity contribution in [2.45, 2.75) is 19.0 Å². The van der Waals surface area contributed by atoms with Gasteiger partial charge in [-0.2, -0.15) is 0 Å². The van der Waals surface area contributed by atoms with E-state index < -0.39 is 6.04 Å². The van der Waals surface area contributed by atoms with Crippen molar-refractivity contribution in [2.75, 3.05) is 7.05 Å². The van der Waals surface area contributed by atoms with Gasteiger partial charge in [0.25, 0.3) is 0 Å². The quantitative estimate of drug-likeness (QED) is 0.707. The Balaban J connectivity index is 0.00000144. The number of thiazole rings is 1. The van der Waals surface area contributed by atoms with Crippen LogP contribution < -0.4 is 5.73 Å². The van der Waals surface area contributed by atoms with E-state index in [-0.39, 0.29) is 30.7 Å². The number of H-pyrrole nitrogens is 1. The summed E-state index contributed by atoms with van der Waals surface area (Å²) in [7, 11) is 1.76. The molecule has 3 N–H and O–H groups in total. The van der Waals surface area contributed by atoms with Crippen LogP contribution in [0, 0.1) is 0 Å². The van der Waals surface area contributed by atoms with E-state index in [1.54, 1.807) is 17.5 Å². The molecule has 0 aliphatic heterocycles. The summed E-state index contributed by atoms with van der Waals surface area (Å²) in [6, 6.07) is 7.47. The molecule has 130 valence electrons. The lowest BCUT2D eigenvalue weighted by molar-refractivity contribution is -0.131. The predicted molar refractivity (Wildman–Crippen MR) is 103 cm³/mol. The number of likely N-dealkylation sites (N-methyl/N-ethyl adjacent to an activating group) is 1. The number of aromatic amines is 1. The minimum atomic E-state index is -0.553. The van der Waals surface area contributed by atoms with E-state index >= 15 is 0 Å². The van der Waals surface area contributed by atoms with Gasteiger partial charge in [-0.1, -0.05) is 18.2 Å². The van der Waals surface area contributed by atoms with Gasteiger partial charge in [-0.15, -0.1) is 36.2 Å². The second-order valence-electron chi connectivity index (χ2n) is 5.34. The summed E-state index contributed by atoms with van der Waals surface area (Å²) >= 11 is 1.52. The molecule has 0 aliphatic carbocycles. The first-order chi connectivity index (χ1) is 10.6. The van der Waals surface area contributed by atoms with Gasteiger partial charge in [-0.05, 0) is 18.1 Å². The van der Waals surface area contributed by atoms with Crippen molar-refractivity contribution in [3.05, 3.63) is 52.6 Å². The number of aromatic nitrogens is 2. The third-order valence-corrected chi connectivity index (χ3v) is 4.33. The number of hydrogen-bond donors (Lipinski definition) is 2. The Morgan fingerprint density at radius 2 is 2.12 bits per heavy atom. The van der Waals surface area contributed by atoms with Crippen molar-refractivity contribution < 1.29 is 4.79 Å². The number of hydrogen-bond acceptors (Lipinski definition) is 4. The van der Waals surface area contributed by atoms with Gasteiger partial charge in [0.2, 0.25) is 5.91 Å². The first kappa shape index (κ1) is 20.4. The number of benzene rings is 1. The molecular formula is C16H20Cl2N4OS. The largest absolute Gasteiger partial charge is 0.361 e. The van der Waals surface area contributed by atoms with Crippen LogP contribution in [0.5, 0.6) is 0 Å². The van der Waals surface area contributed by atoms with E-state index in [1.165, 1.54) is 11.3 Å². The van der Waals surface area contributed by atoms with Gasteiger partial charge in [0.1, 0.15) is 0 Å². The average molecular weight is 387 g/mol. The zero-order valence-corrected chi connectivity index (χ0v) is 15.6. The van der Waals surface area contributed by atoms with Crippen molar-refractivity contribution >= 4 is 53.0 Å². The molecule has 0 spiro atoms. The van der Waals surface area contributed by atoms with Crippen molar-refractivity contribution in [1.29, 1.82) is 0 Å². The van der Waals surface area contributed by atoms with Gasteiger partial charge >= 0.3 is 0 Å². The van der Waals surface area contributed by atoms with E-state index in [1.807, 2.05) is 35.8 Å². The Morgan fingerprint density at radius 3 is 2.83 bits per heavy atom. The first-order valence-electron chi connectivity index (χ1n) is 7.08. The lowest BCUT2D eigenvalue weighted by Crippen LogP contribution is -2.42. The number of halogens is 2. The fraction of sp³-hybridized carbons (Fsp3) is 0.250. The number of rotatable bonds is 5. The van der Waals surface area contributed by atoms with E-state index in [9.17, 15) is 4.79 Å². The van der Waals surface area contributed by atoms with Crippen molar-refractivity contribution in [2.24, 2.45) is 5.73 Å². The second-order valence-corrected chi connectivity index (χ2v) is 6.06. The molecule has 0 saturated carbocycles. The highest BCUT2D eigenvalue weighted by Gasteiger charge is 2.20. The summed E-state index contributed by atoms with van der Waals surface area (Å²) in [4.78, 5) is 21.4. The fourth-order valence-corrected chi connectivity index (χ4v) is 3.09. The Kier molecular flexibility index (Phi) is 7.69. The van der Waals surface area contributed by atoms with Crippen LogP contribution in [-0.4, -0.2) is 33.9 Å². The summed E-state index contributed by atoms with van der Waals surface area (Å²) in [6.45, 7) is 0.490. The summed E-state index contributed by atoms with van der Waals surface area (Å²) in [5.74, 6) is -0.0710. The molecule has 0 unspecified atom stereocenters. The SMILES string of the molecule is CN(Cc1cscn1)C(=O)[C@@H](N)Cc1c[nH]c2ccccc12.Cl.Cl. The van der Waals surface area contributed by atoms with E-state index in [0.717, 1.165) is 22.2 Å². The lowest BCUT2D eigenvalue weighted by Gasteiger charge is -2.20. The van der Waals surface area contributed by atoms with Crippen LogP contribution in [-0.2, 0) is 17.8 Å². The number of nitrogens with one attached hydrogen (secondary N) is 1. The predicted octanol–water partition coefficient (Wildman–Crippen LogP) is 3.00. The van der Waals surface area contributed by atoms with Crippen LogP contribution in [0.4, 0.5) is 0 Å². The normalized spacial score (nSPS) is 11.4. The molecule has 0 bridgehead atoms. The highest BCUT2D eigenvalue weighted by Crippen LogP contribution is 2.19. The molecule has 8 heteroatoms. The highest BCUT2D eigenvalue weighted by atomic mass is 35.5. The van der Waals surface area contributed by atoms with E-state index in [4.69, 9.17) is 5.73 Å². The monoisotopic (exact) mass is 386 g/mol. The Labute approximate surface area is 157 Å². The van der Waals surface area contributed by atoms with Gasteiger partial charge < -0.3 is 15.6 Å². The molecule has 0 fully saturated rings. The fourth-order valence-electron chi connectivity index (χ4n) is 2.54. The maximum absolute atomic E-state index is 12.4. The lowest BCUT2D eigenvalue weighted by atomic mass is 10.0. The molecule has 1 atom stereocenters. The molecule has 0 saturated heterocycles. The molecule has 2 heterocycles. The van der Waals surface area contributed by atoms with Gasteiger partial charge in [0.05, 0.1) is 23.8 Å². The number of carbonyl (C=O) groups excluding carboxylic acids is 1. The van der Waals surface area contributed by atoms with Crippen molar-refractivity contribution in [3.8, 4) is 0 Å².